The Labute approximate surface area is 435 Å². The first-order chi connectivity index (χ1) is 36.2. The van der Waals surface area contributed by atoms with Crippen molar-refractivity contribution in [3.8, 4) is 66.8 Å². The summed E-state index contributed by atoms with van der Waals surface area (Å²) in [6.45, 7) is 9.46. The largest absolute Gasteiger partial charge is 0.309 e. The molecule has 0 bridgehead atoms. The number of hydrogen-bond acceptors (Lipinski definition) is 1. The number of para-hydroxylation sites is 2. The van der Waals surface area contributed by atoms with Crippen molar-refractivity contribution in [3.05, 3.63) is 305 Å². The Morgan fingerprint density at radius 3 is 1.34 bits per heavy atom. The zero-order valence-corrected chi connectivity index (χ0v) is 42.3. The minimum absolute atomic E-state index is 0.0745. The van der Waals surface area contributed by atoms with Crippen molar-refractivity contribution < 1.29 is 0 Å². The smallest absolute Gasteiger partial charge is 0.0713 e. The first kappa shape index (κ1) is 44.0. The molecule has 0 aromatic heterocycles. The Kier molecular flexibility index (Phi) is 9.88. The molecule has 0 N–H and O–H groups in total. The highest BCUT2D eigenvalue weighted by Gasteiger charge is 2.46. The van der Waals surface area contributed by atoms with Crippen LogP contribution in [0.1, 0.15) is 72.2 Å². The molecule has 14 rings (SSSR count). The van der Waals surface area contributed by atoms with Gasteiger partial charge in [0.1, 0.15) is 0 Å². The van der Waals surface area contributed by atoms with Gasteiger partial charge in [0.2, 0.25) is 0 Å². The fourth-order valence-electron chi connectivity index (χ4n) is 13.5. The van der Waals surface area contributed by atoms with Crippen LogP contribution in [-0.2, 0) is 16.2 Å². The van der Waals surface area contributed by atoms with Crippen LogP contribution in [-0.4, -0.2) is 0 Å². The first-order valence-electron chi connectivity index (χ1n) is 26.2. The van der Waals surface area contributed by atoms with Gasteiger partial charge in [0.15, 0.2) is 0 Å². The van der Waals surface area contributed by atoms with E-state index in [4.69, 9.17) is 0 Å². The summed E-state index contributed by atoms with van der Waals surface area (Å²) >= 11 is 0. The normalized spacial score (nSPS) is 14.5. The highest BCUT2D eigenvalue weighted by Crippen LogP contribution is 2.58. The quantitative estimate of drug-likeness (QED) is 0.147. The van der Waals surface area contributed by atoms with Crippen LogP contribution in [0.5, 0.6) is 0 Å². The summed E-state index contributed by atoms with van der Waals surface area (Å²) in [6, 6.07) is 97.7. The summed E-state index contributed by atoms with van der Waals surface area (Å²) in [7, 11) is 0. The van der Waals surface area contributed by atoms with Crippen molar-refractivity contribution in [3.63, 3.8) is 0 Å². The highest BCUT2D eigenvalue weighted by atomic mass is 15.1. The third kappa shape index (κ3) is 6.36. The molecule has 1 nitrogen and oxygen atoms in total. The number of hydrogen-bond donors (Lipinski definition) is 0. The fraction of sp³-hybridized carbons (Fsp3) is 0.0959. The van der Waals surface area contributed by atoms with Crippen LogP contribution in [0.25, 0.3) is 66.8 Å². The summed E-state index contributed by atoms with van der Waals surface area (Å²) < 4.78 is 0. The summed E-state index contributed by atoms with van der Waals surface area (Å²) in [6.07, 6.45) is 0. The molecular formula is C73H55N. The molecule has 0 radical (unpaired) electrons. The lowest BCUT2D eigenvalue weighted by Gasteiger charge is -2.33. The molecule has 11 aromatic carbocycles. The van der Waals surface area contributed by atoms with Crippen molar-refractivity contribution in [2.24, 2.45) is 0 Å². The monoisotopic (exact) mass is 945 g/mol. The molecule has 0 atom stereocenters. The van der Waals surface area contributed by atoms with Gasteiger partial charge in [-0.2, -0.15) is 0 Å². The van der Waals surface area contributed by atoms with Crippen molar-refractivity contribution in [1.29, 1.82) is 0 Å². The fourth-order valence-corrected chi connectivity index (χ4v) is 13.5. The molecule has 0 spiro atoms. The van der Waals surface area contributed by atoms with E-state index in [1.54, 1.807) is 0 Å². The Balaban J connectivity index is 0.943. The minimum Gasteiger partial charge on any atom is -0.309 e. The number of fused-ring (bicyclic) bond motifs is 9. The average Bonchev–Trinajstić information content (AvgIpc) is 4.07. The van der Waals surface area contributed by atoms with E-state index in [9.17, 15) is 0 Å². The molecule has 0 heterocycles. The zero-order valence-electron chi connectivity index (χ0n) is 42.3. The molecular weight excluding hydrogens is 891 g/mol. The van der Waals surface area contributed by atoms with E-state index in [-0.39, 0.29) is 10.8 Å². The van der Waals surface area contributed by atoms with Crippen molar-refractivity contribution in [2.45, 2.75) is 43.9 Å². The molecule has 0 saturated heterocycles. The molecule has 1 heteroatoms. The molecule has 0 fully saturated rings. The third-order valence-electron chi connectivity index (χ3n) is 17.0. The third-order valence-corrected chi connectivity index (χ3v) is 17.0. The van der Waals surface area contributed by atoms with Gasteiger partial charge in [0.05, 0.1) is 16.8 Å². The molecule has 3 aliphatic carbocycles. The maximum atomic E-state index is 2.51. The van der Waals surface area contributed by atoms with Crippen LogP contribution in [0, 0.1) is 0 Å². The molecule has 0 unspecified atom stereocenters. The highest BCUT2D eigenvalue weighted by molar-refractivity contribution is 6.00. The Bertz CT molecular complexity index is 3970. The second-order valence-electron chi connectivity index (χ2n) is 21.5. The number of anilines is 3. The van der Waals surface area contributed by atoms with Gasteiger partial charge >= 0.3 is 0 Å². The predicted octanol–water partition coefficient (Wildman–Crippen LogP) is 19.1. The Morgan fingerprint density at radius 2 is 0.662 bits per heavy atom. The Morgan fingerprint density at radius 1 is 0.257 bits per heavy atom. The van der Waals surface area contributed by atoms with Gasteiger partial charge in [-0.25, -0.2) is 0 Å². The number of rotatable bonds is 8. The molecule has 74 heavy (non-hydrogen) atoms. The standard InChI is InChI=1S/C73H55N/c1-71(2)62-32-16-11-27-55(62)60-47-50(41-44-64(60)71)54-26-14-19-36-68(54)74(69-37-20-15-29-57(69)58-31-21-35-67-70(58)59-30-13-17-33-63(59)72(67,3)4)53-42-38-48(39-43-53)49-40-45-66-61(46-49)56-28-12-18-34-65(56)73(66,51-22-7-5-8-23-51)52-24-9-6-10-25-52/h5-47H,1-4H3. The van der Waals surface area contributed by atoms with Crippen LogP contribution in [0.3, 0.4) is 0 Å². The van der Waals surface area contributed by atoms with Gasteiger partial charge in [-0.1, -0.05) is 252 Å². The number of nitrogens with zero attached hydrogens (tertiary/aromatic N) is 1. The molecule has 0 amide bonds. The summed E-state index contributed by atoms with van der Waals surface area (Å²) in [5.74, 6) is 0. The van der Waals surface area contributed by atoms with Gasteiger partial charge in [0, 0.05) is 27.6 Å². The van der Waals surface area contributed by atoms with Crippen LogP contribution in [0.4, 0.5) is 17.1 Å². The van der Waals surface area contributed by atoms with Crippen molar-refractivity contribution in [2.75, 3.05) is 4.90 Å². The van der Waals surface area contributed by atoms with Gasteiger partial charge in [0.25, 0.3) is 0 Å². The van der Waals surface area contributed by atoms with Gasteiger partial charge in [-0.15, -0.1) is 0 Å². The lowest BCUT2D eigenvalue weighted by molar-refractivity contribution is 0.660. The summed E-state index contributed by atoms with van der Waals surface area (Å²) in [4.78, 5) is 2.51. The second-order valence-corrected chi connectivity index (χ2v) is 21.5. The van der Waals surface area contributed by atoms with E-state index in [1.807, 2.05) is 0 Å². The van der Waals surface area contributed by atoms with Crippen LogP contribution >= 0.6 is 0 Å². The Hall–Kier alpha value is -8.78. The predicted molar refractivity (Wildman–Crippen MR) is 310 cm³/mol. The SMILES string of the molecule is CC1(C)c2ccccc2-c2cc(-c3ccccc3N(c3ccc(-c4ccc5c(c4)-c4ccccc4C5(c4ccccc4)c4ccccc4)cc3)c3ccccc3-c3cccc4c3-c3ccccc3C4(C)C)ccc21. The van der Waals surface area contributed by atoms with Gasteiger partial charge < -0.3 is 4.90 Å². The first-order valence-corrected chi connectivity index (χ1v) is 26.2. The minimum atomic E-state index is -0.437. The van der Waals surface area contributed by atoms with E-state index in [2.05, 4.69) is 293 Å². The topological polar surface area (TPSA) is 3.24 Å². The van der Waals surface area contributed by atoms with Crippen LogP contribution in [0.2, 0.25) is 0 Å². The second kappa shape index (κ2) is 16.6. The molecule has 3 aliphatic rings. The lowest BCUT2D eigenvalue weighted by Crippen LogP contribution is -2.28. The van der Waals surface area contributed by atoms with Gasteiger partial charge in [-0.05, 0) is 137 Å². The molecule has 0 saturated carbocycles. The summed E-state index contributed by atoms with van der Waals surface area (Å²) in [5, 5.41) is 0. The molecule has 0 aliphatic heterocycles. The zero-order chi connectivity index (χ0) is 49.8. The van der Waals surface area contributed by atoms with E-state index in [0.29, 0.717) is 0 Å². The lowest BCUT2D eigenvalue weighted by atomic mass is 9.67. The maximum absolute atomic E-state index is 2.51. The molecule has 11 aromatic rings. The summed E-state index contributed by atoms with van der Waals surface area (Å²) in [5.41, 5.74) is 28.4. The van der Waals surface area contributed by atoms with Crippen molar-refractivity contribution in [1.82, 2.24) is 0 Å². The average molecular weight is 946 g/mol. The van der Waals surface area contributed by atoms with E-state index in [0.717, 1.165) is 17.1 Å². The van der Waals surface area contributed by atoms with Gasteiger partial charge in [-0.3, -0.25) is 0 Å². The maximum Gasteiger partial charge on any atom is 0.0713 e. The van der Waals surface area contributed by atoms with Crippen LogP contribution < -0.4 is 4.90 Å². The molecule has 352 valence electrons. The van der Waals surface area contributed by atoms with E-state index >= 15 is 0 Å². The van der Waals surface area contributed by atoms with Crippen molar-refractivity contribution >= 4 is 17.1 Å². The van der Waals surface area contributed by atoms with E-state index in [1.165, 1.54) is 111 Å². The van der Waals surface area contributed by atoms with Crippen LogP contribution in [0.15, 0.2) is 261 Å². The number of benzene rings is 11. The van der Waals surface area contributed by atoms with E-state index < -0.39 is 5.41 Å².